The lowest BCUT2D eigenvalue weighted by molar-refractivity contribution is 0.0416. The van der Waals surface area contributed by atoms with Crippen molar-refractivity contribution in [3.8, 4) is 5.75 Å². The Labute approximate surface area is 131 Å². The standard InChI is InChI=1S/C16H22ClNO3/c1-18(9-12-4-3-7-21-11-12)10-15(19)13-5-6-16(20-2)14(17)8-13/h5-6,8,12H,3-4,7,9-11H2,1-2H3. The molecule has 0 bridgehead atoms. The summed E-state index contributed by atoms with van der Waals surface area (Å²) in [6.07, 6.45) is 2.29. The average Bonchev–Trinajstić information content (AvgIpc) is 2.48. The zero-order valence-corrected chi connectivity index (χ0v) is 13.4. The fourth-order valence-electron chi connectivity index (χ4n) is 2.63. The number of halogens is 1. The Kier molecular flexibility index (Phi) is 6.03. The predicted molar refractivity (Wildman–Crippen MR) is 83.4 cm³/mol. The van der Waals surface area contributed by atoms with Crippen LogP contribution in [-0.4, -0.2) is 51.1 Å². The molecule has 4 nitrogen and oxygen atoms in total. The zero-order chi connectivity index (χ0) is 15.2. The van der Waals surface area contributed by atoms with Crippen molar-refractivity contribution in [3.63, 3.8) is 0 Å². The molecule has 0 aromatic heterocycles. The van der Waals surface area contributed by atoms with E-state index in [0.29, 0.717) is 28.8 Å². The molecule has 0 N–H and O–H groups in total. The van der Waals surface area contributed by atoms with Gasteiger partial charge in [-0.05, 0) is 44.0 Å². The Morgan fingerprint density at radius 3 is 2.95 bits per heavy atom. The summed E-state index contributed by atoms with van der Waals surface area (Å²) in [4.78, 5) is 14.3. The Balaban J connectivity index is 1.89. The highest BCUT2D eigenvalue weighted by Crippen LogP contribution is 2.25. The van der Waals surface area contributed by atoms with E-state index < -0.39 is 0 Å². The molecule has 0 aliphatic carbocycles. The number of Topliss-reactive ketones (excluding diaryl/α,β-unsaturated/α-hetero) is 1. The number of carbonyl (C=O) groups is 1. The van der Waals surface area contributed by atoms with Gasteiger partial charge in [-0.2, -0.15) is 0 Å². The maximum Gasteiger partial charge on any atom is 0.176 e. The summed E-state index contributed by atoms with van der Waals surface area (Å²) in [5.41, 5.74) is 0.618. The molecule has 116 valence electrons. The van der Waals surface area contributed by atoms with Crippen LogP contribution < -0.4 is 4.74 Å². The van der Waals surface area contributed by atoms with Crippen LogP contribution in [0.4, 0.5) is 0 Å². The lowest BCUT2D eigenvalue weighted by Gasteiger charge is -2.26. The number of hydrogen-bond donors (Lipinski definition) is 0. The lowest BCUT2D eigenvalue weighted by Crippen LogP contribution is -2.34. The predicted octanol–water partition coefficient (Wildman–Crippen LogP) is 2.89. The molecule has 0 saturated carbocycles. The summed E-state index contributed by atoms with van der Waals surface area (Å²) >= 11 is 6.06. The number of ketones is 1. The third-order valence-electron chi connectivity index (χ3n) is 3.71. The summed E-state index contributed by atoms with van der Waals surface area (Å²) in [6.45, 7) is 2.94. The molecule has 1 atom stereocenters. The number of ether oxygens (including phenoxy) is 2. The molecule has 1 heterocycles. The zero-order valence-electron chi connectivity index (χ0n) is 12.6. The highest BCUT2D eigenvalue weighted by molar-refractivity contribution is 6.32. The van der Waals surface area contributed by atoms with Crippen molar-refractivity contribution < 1.29 is 14.3 Å². The second kappa shape index (κ2) is 7.78. The first-order valence-corrected chi connectivity index (χ1v) is 7.61. The lowest BCUT2D eigenvalue weighted by atomic mass is 10.0. The van der Waals surface area contributed by atoms with Gasteiger partial charge in [0.2, 0.25) is 0 Å². The summed E-state index contributed by atoms with van der Waals surface area (Å²) in [5, 5.41) is 0.465. The Morgan fingerprint density at radius 2 is 2.33 bits per heavy atom. The van der Waals surface area contributed by atoms with E-state index in [1.54, 1.807) is 25.3 Å². The van der Waals surface area contributed by atoms with Crippen molar-refractivity contribution in [2.24, 2.45) is 5.92 Å². The topological polar surface area (TPSA) is 38.8 Å². The third kappa shape index (κ3) is 4.70. The van der Waals surface area contributed by atoms with E-state index in [1.807, 2.05) is 7.05 Å². The van der Waals surface area contributed by atoms with Crippen LogP contribution in [0.2, 0.25) is 5.02 Å². The summed E-state index contributed by atoms with van der Waals surface area (Å²) in [7, 11) is 3.53. The average molecular weight is 312 g/mol. The van der Waals surface area contributed by atoms with Crippen LogP contribution in [-0.2, 0) is 4.74 Å². The number of rotatable bonds is 6. The minimum absolute atomic E-state index is 0.0683. The molecule has 1 saturated heterocycles. The first-order valence-electron chi connectivity index (χ1n) is 7.23. The first-order chi connectivity index (χ1) is 10.1. The van der Waals surface area contributed by atoms with E-state index in [0.717, 1.165) is 26.2 Å². The molecule has 5 heteroatoms. The van der Waals surface area contributed by atoms with E-state index in [4.69, 9.17) is 21.1 Å². The van der Waals surface area contributed by atoms with Crippen molar-refractivity contribution in [2.45, 2.75) is 12.8 Å². The van der Waals surface area contributed by atoms with E-state index in [9.17, 15) is 4.79 Å². The molecular formula is C16H22ClNO3. The van der Waals surface area contributed by atoms with Gasteiger partial charge < -0.3 is 9.47 Å². The van der Waals surface area contributed by atoms with Crippen LogP contribution in [0.15, 0.2) is 18.2 Å². The van der Waals surface area contributed by atoms with Gasteiger partial charge in [0.15, 0.2) is 5.78 Å². The molecule has 1 aromatic carbocycles. The van der Waals surface area contributed by atoms with E-state index >= 15 is 0 Å². The van der Waals surface area contributed by atoms with Crippen LogP contribution in [0.1, 0.15) is 23.2 Å². The quantitative estimate of drug-likeness (QED) is 0.757. The molecule has 2 rings (SSSR count). The molecule has 1 aliphatic heterocycles. The molecule has 1 aromatic rings. The molecular weight excluding hydrogens is 290 g/mol. The largest absolute Gasteiger partial charge is 0.495 e. The smallest absolute Gasteiger partial charge is 0.176 e. The fraction of sp³-hybridized carbons (Fsp3) is 0.562. The number of carbonyl (C=O) groups excluding carboxylic acids is 1. The Morgan fingerprint density at radius 1 is 1.52 bits per heavy atom. The summed E-state index contributed by atoms with van der Waals surface area (Å²) < 4.78 is 10.6. The number of likely N-dealkylation sites (N-methyl/N-ethyl adjacent to an activating group) is 1. The minimum Gasteiger partial charge on any atom is -0.495 e. The van der Waals surface area contributed by atoms with Gasteiger partial charge in [-0.1, -0.05) is 11.6 Å². The van der Waals surface area contributed by atoms with Gasteiger partial charge in [0, 0.05) is 18.7 Å². The van der Waals surface area contributed by atoms with Crippen LogP contribution >= 0.6 is 11.6 Å². The highest BCUT2D eigenvalue weighted by atomic mass is 35.5. The number of benzene rings is 1. The molecule has 1 aliphatic rings. The Bertz CT molecular complexity index is 486. The molecule has 21 heavy (non-hydrogen) atoms. The van der Waals surface area contributed by atoms with Crippen molar-refractivity contribution in [3.05, 3.63) is 28.8 Å². The molecule has 0 amide bonds. The number of nitrogens with zero attached hydrogens (tertiary/aromatic N) is 1. The van der Waals surface area contributed by atoms with Crippen molar-refractivity contribution in [2.75, 3.05) is 40.5 Å². The van der Waals surface area contributed by atoms with Crippen LogP contribution in [0.3, 0.4) is 0 Å². The van der Waals surface area contributed by atoms with Gasteiger partial charge in [-0.15, -0.1) is 0 Å². The van der Waals surface area contributed by atoms with Gasteiger partial charge in [-0.25, -0.2) is 0 Å². The molecule has 1 fully saturated rings. The van der Waals surface area contributed by atoms with E-state index in [2.05, 4.69) is 4.90 Å². The fourth-order valence-corrected chi connectivity index (χ4v) is 2.89. The molecule has 1 unspecified atom stereocenters. The Hall–Kier alpha value is -1.10. The normalized spacial score (nSPS) is 18.8. The second-order valence-corrected chi connectivity index (χ2v) is 5.96. The van der Waals surface area contributed by atoms with Crippen molar-refractivity contribution in [1.82, 2.24) is 4.90 Å². The van der Waals surface area contributed by atoms with Crippen LogP contribution in [0.5, 0.6) is 5.75 Å². The summed E-state index contributed by atoms with van der Waals surface area (Å²) in [6, 6.07) is 5.15. The van der Waals surface area contributed by atoms with Crippen LogP contribution in [0, 0.1) is 5.92 Å². The van der Waals surface area contributed by atoms with Gasteiger partial charge in [0.05, 0.1) is 25.3 Å². The monoisotopic (exact) mass is 311 g/mol. The van der Waals surface area contributed by atoms with Crippen molar-refractivity contribution >= 4 is 17.4 Å². The second-order valence-electron chi connectivity index (χ2n) is 5.55. The molecule has 0 spiro atoms. The van der Waals surface area contributed by atoms with E-state index in [-0.39, 0.29) is 5.78 Å². The number of hydrogen-bond acceptors (Lipinski definition) is 4. The minimum atomic E-state index is 0.0683. The van der Waals surface area contributed by atoms with Gasteiger partial charge in [-0.3, -0.25) is 9.69 Å². The van der Waals surface area contributed by atoms with Gasteiger partial charge in [0.25, 0.3) is 0 Å². The van der Waals surface area contributed by atoms with Gasteiger partial charge >= 0.3 is 0 Å². The number of methoxy groups -OCH3 is 1. The molecule has 0 radical (unpaired) electrons. The van der Waals surface area contributed by atoms with Gasteiger partial charge in [0.1, 0.15) is 5.75 Å². The third-order valence-corrected chi connectivity index (χ3v) is 4.01. The highest BCUT2D eigenvalue weighted by Gasteiger charge is 2.18. The van der Waals surface area contributed by atoms with Crippen LogP contribution in [0.25, 0.3) is 0 Å². The van der Waals surface area contributed by atoms with E-state index in [1.165, 1.54) is 6.42 Å². The first kappa shape index (κ1) is 16.3. The maximum absolute atomic E-state index is 12.3. The van der Waals surface area contributed by atoms with Crippen molar-refractivity contribution in [1.29, 1.82) is 0 Å². The maximum atomic E-state index is 12.3. The SMILES string of the molecule is COc1ccc(C(=O)CN(C)CC2CCCOC2)cc1Cl. The summed E-state index contributed by atoms with van der Waals surface area (Å²) in [5.74, 6) is 1.18.